The van der Waals surface area contributed by atoms with Gasteiger partial charge in [-0.05, 0) is 26.3 Å². The Kier molecular flexibility index (Phi) is 9.03. The smallest absolute Gasteiger partial charge is 0.226 e. The third kappa shape index (κ3) is 7.31. The number of rotatable bonds is 7. The topological polar surface area (TPSA) is 68.0 Å². The number of thiazole rings is 1. The van der Waals surface area contributed by atoms with Gasteiger partial charge in [0.1, 0.15) is 0 Å². The number of aryl methyl sites for hydroxylation is 1. The van der Waals surface area contributed by atoms with Crippen molar-refractivity contribution in [3.63, 3.8) is 0 Å². The number of hydrogen-bond donors (Lipinski definition) is 2. The summed E-state index contributed by atoms with van der Waals surface area (Å²) in [5.74, 6) is 0.0575. The highest BCUT2D eigenvalue weighted by Gasteiger charge is 2.04. The first-order chi connectivity index (χ1) is 7.72. The fourth-order valence-corrected chi connectivity index (χ4v) is 2.08. The Bertz CT molecular complexity index is 330. The molecule has 17 heavy (non-hydrogen) atoms. The van der Waals surface area contributed by atoms with Crippen molar-refractivity contribution < 1.29 is 4.79 Å². The summed E-state index contributed by atoms with van der Waals surface area (Å²) in [6.07, 6.45) is 4.73. The minimum Gasteiger partial charge on any atom is -0.330 e. The summed E-state index contributed by atoms with van der Waals surface area (Å²) in [4.78, 5) is 15.7. The van der Waals surface area contributed by atoms with Gasteiger partial charge in [-0.3, -0.25) is 4.79 Å². The van der Waals surface area contributed by atoms with E-state index < -0.39 is 0 Å². The van der Waals surface area contributed by atoms with Crippen LogP contribution < -0.4 is 11.1 Å². The Morgan fingerprint density at radius 2 is 2.12 bits per heavy atom. The zero-order chi connectivity index (χ0) is 11.8. The monoisotopic (exact) mass is 277 g/mol. The van der Waals surface area contributed by atoms with Gasteiger partial charge < -0.3 is 11.1 Å². The molecule has 1 aromatic rings. The van der Waals surface area contributed by atoms with Gasteiger partial charge in [0.05, 0.1) is 5.69 Å². The van der Waals surface area contributed by atoms with E-state index in [2.05, 4.69) is 10.3 Å². The van der Waals surface area contributed by atoms with Gasteiger partial charge in [0, 0.05) is 11.8 Å². The molecule has 6 heteroatoms. The number of carbonyl (C=O) groups is 1. The maximum atomic E-state index is 11.5. The van der Waals surface area contributed by atoms with Crippen LogP contribution in [0.2, 0.25) is 0 Å². The molecular weight excluding hydrogens is 258 g/mol. The second-order valence-electron chi connectivity index (χ2n) is 3.80. The number of hydrogen-bond acceptors (Lipinski definition) is 4. The van der Waals surface area contributed by atoms with Crippen molar-refractivity contribution in [1.29, 1.82) is 0 Å². The molecule has 4 nitrogen and oxygen atoms in total. The summed E-state index contributed by atoms with van der Waals surface area (Å²) in [6, 6.07) is 0. The first-order valence-electron chi connectivity index (χ1n) is 5.64. The highest BCUT2D eigenvalue weighted by molar-refractivity contribution is 7.13. The number of amides is 1. The zero-order valence-electron chi connectivity index (χ0n) is 10.1. The minimum atomic E-state index is 0. The highest BCUT2D eigenvalue weighted by Crippen LogP contribution is 2.15. The molecule has 1 amide bonds. The van der Waals surface area contributed by atoms with Crippen LogP contribution in [0.1, 0.15) is 37.8 Å². The van der Waals surface area contributed by atoms with Gasteiger partial charge in [-0.1, -0.05) is 12.8 Å². The van der Waals surface area contributed by atoms with Gasteiger partial charge in [0.15, 0.2) is 5.13 Å². The number of carbonyl (C=O) groups excluding carboxylic acids is 1. The van der Waals surface area contributed by atoms with Crippen LogP contribution in [-0.2, 0) is 4.79 Å². The Hall–Kier alpha value is -0.650. The van der Waals surface area contributed by atoms with Crippen LogP contribution in [0.25, 0.3) is 0 Å². The van der Waals surface area contributed by atoms with Crippen molar-refractivity contribution in [3.8, 4) is 0 Å². The Morgan fingerprint density at radius 1 is 1.41 bits per heavy atom. The Morgan fingerprint density at radius 3 is 2.71 bits per heavy atom. The van der Waals surface area contributed by atoms with E-state index in [1.54, 1.807) is 0 Å². The molecule has 1 aromatic heterocycles. The van der Waals surface area contributed by atoms with E-state index in [9.17, 15) is 4.79 Å². The molecule has 1 rings (SSSR count). The summed E-state index contributed by atoms with van der Waals surface area (Å²) >= 11 is 1.47. The van der Waals surface area contributed by atoms with Crippen molar-refractivity contribution in [3.05, 3.63) is 11.1 Å². The van der Waals surface area contributed by atoms with E-state index in [0.717, 1.165) is 37.9 Å². The molecule has 0 fully saturated rings. The first kappa shape index (κ1) is 16.4. The maximum absolute atomic E-state index is 11.5. The van der Waals surface area contributed by atoms with Crippen LogP contribution in [0.3, 0.4) is 0 Å². The first-order valence-corrected chi connectivity index (χ1v) is 6.52. The van der Waals surface area contributed by atoms with Crippen molar-refractivity contribution in [2.75, 3.05) is 11.9 Å². The summed E-state index contributed by atoms with van der Waals surface area (Å²) in [7, 11) is 0. The van der Waals surface area contributed by atoms with Crippen LogP contribution in [0.5, 0.6) is 0 Å². The van der Waals surface area contributed by atoms with Gasteiger partial charge in [-0.25, -0.2) is 4.98 Å². The number of nitrogens with one attached hydrogen (secondary N) is 1. The molecule has 0 radical (unpaired) electrons. The predicted octanol–water partition coefficient (Wildman–Crippen LogP) is 2.72. The third-order valence-electron chi connectivity index (χ3n) is 2.22. The third-order valence-corrected chi connectivity index (χ3v) is 3.10. The molecule has 0 saturated heterocycles. The number of nitrogens with zero attached hydrogens (tertiary/aromatic N) is 1. The molecule has 0 saturated carbocycles. The average Bonchev–Trinajstić information content (AvgIpc) is 2.63. The molecule has 0 spiro atoms. The number of aromatic nitrogens is 1. The Labute approximate surface area is 112 Å². The van der Waals surface area contributed by atoms with Crippen molar-refractivity contribution >= 4 is 34.8 Å². The van der Waals surface area contributed by atoms with Gasteiger partial charge in [0.25, 0.3) is 0 Å². The van der Waals surface area contributed by atoms with E-state index in [-0.39, 0.29) is 18.3 Å². The molecular formula is C11H20ClN3OS. The van der Waals surface area contributed by atoms with Crippen LogP contribution >= 0.6 is 23.7 Å². The average molecular weight is 278 g/mol. The quantitative estimate of drug-likeness (QED) is 0.753. The molecule has 0 aliphatic heterocycles. The predicted molar refractivity (Wildman–Crippen MR) is 74.9 cm³/mol. The van der Waals surface area contributed by atoms with Gasteiger partial charge in [-0.2, -0.15) is 0 Å². The molecule has 0 atom stereocenters. The second kappa shape index (κ2) is 9.39. The molecule has 0 bridgehead atoms. The lowest BCUT2D eigenvalue weighted by Gasteiger charge is -2.01. The number of anilines is 1. The molecule has 0 aliphatic rings. The molecule has 0 aromatic carbocycles. The summed E-state index contributed by atoms with van der Waals surface area (Å²) in [6.45, 7) is 2.66. The largest absolute Gasteiger partial charge is 0.330 e. The van der Waals surface area contributed by atoms with Gasteiger partial charge >= 0.3 is 0 Å². The van der Waals surface area contributed by atoms with Crippen molar-refractivity contribution in [2.45, 2.75) is 39.0 Å². The maximum Gasteiger partial charge on any atom is 0.226 e. The van der Waals surface area contributed by atoms with Gasteiger partial charge in [0.2, 0.25) is 5.91 Å². The van der Waals surface area contributed by atoms with E-state index in [1.165, 1.54) is 11.3 Å². The zero-order valence-corrected chi connectivity index (χ0v) is 11.7. The number of unbranched alkanes of at least 4 members (excludes halogenated alkanes) is 3. The second-order valence-corrected chi connectivity index (χ2v) is 4.65. The van der Waals surface area contributed by atoms with E-state index in [1.807, 2.05) is 12.3 Å². The summed E-state index contributed by atoms with van der Waals surface area (Å²) in [5.41, 5.74) is 6.34. The van der Waals surface area contributed by atoms with E-state index in [0.29, 0.717) is 11.6 Å². The van der Waals surface area contributed by atoms with Crippen molar-refractivity contribution in [1.82, 2.24) is 4.98 Å². The normalized spacial score (nSPS) is 9.76. The van der Waals surface area contributed by atoms with Gasteiger partial charge in [-0.15, -0.1) is 23.7 Å². The molecule has 0 aliphatic carbocycles. The minimum absolute atomic E-state index is 0. The Balaban J connectivity index is 0.00000256. The lowest BCUT2D eigenvalue weighted by Crippen LogP contribution is -2.10. The molecule has 0 unspecified atom stereocenters. The fraction of sp³-hybridized carbons (Fsp3) is 0.636. The van der Waals surface area contributed by atoms with Crippen LogP contribution in [-0.4, -0.2) is 17.4 Å². The lowest BCUT2D eigenvalue weighted by molar-refractivity contribution is -0.116. The molecule has 1 heterocycles. The summed E-state index contributed by atoms with van der Waals surface area (Å²) < 4.78 is 0. The van der Waals surface area contributed by atoms with Crippen LogP contribution in [0.4, 0.5) is 5.13 Å². The molecule has 98 valence electrons. The SMILES string of the molecule is Cc1csc(NC(=O)CCCCCCN)n1.Cl. The number of halogens is 1. The van der Waals surface area contributed by atoms with Crippen molar-refractivity contribution in [2.24, 2.45) is 5.73 Å². The van der Waals surface area contributed by atoms with E-state index >= 15 is 0 Å². The van der Waals surface area contributed by atoms with E-state index in [4.69, 9.17) is 5.73 Å². The summed E-state index contributed by atoms with van der Waals surface area (Å²) in [5, 5.41) is 5.42. The number of nitrogens with two attached hydrogens (primary N) is 1. The van der Waals surface area contributed by atoms with Crippen LogP contribution in [0.15, 0.2) is 5.38 Å². The molecule has 3 N–H and O–H groups in total. The van der Waals surface area contributed by atoms with Crippen LogP contribution in [0, 0.1) is 6.92 Å². The standard InChI is InChI=1S/C11H19N3OS.ClH/c1-9-8-16-11(13-9)14-10(15)6-4-2-3-5-7-12;/h8H,2-7,12H2,1H3,(H,13,14,15);1H. The fourth-order valence-electron chi connectivity index (χ4n) is 1.38. The highest BCUT2D eigenvalue weighted by atomic mass is 35.5. The lowest BCUT2D eigenvalue weighted by atomic mass is 10.1.